The van der Waals surface area contributed by atoms with Crippen LogP contribution >= 0.6 is 0 Å². The van der Waals surface area contributed by atoms with Gasteiger partial charge in [-0.15, -0.1) is 0 Å². The maximum Gasteiger partial charge on any atom is 0.253 e. The van der Waals surface area contributed by atoms with Crippen LogP contribution in [0, 0.1) is 6.92 Å². The zero-order valence-corrected chi connectivity index (χ0v) is 20.3. The summed E-state index contributed by atoms with van der Waals surface area (Å²) >= 11 is 0. The molecule has 0 bridgehead atoms. The number of anilines is 2. The van der Waals surface area contributed by atoms with Crippen molar-refractivity contribution in [2.75, 3.05) is 32.8 Å². The van der Waals surface area contributed by atoms with Crippen molar-refractivity contribution in [1.29, 1.82) is 0 Å². The van der Waals surface area contributed by atoms with Crippen molar-refractivity contribution in [1.82, 2.24) is 19.9 Å². The van der Waals surface area contributed by atoms with Gasteiger partial charge in [-0.3, -0.25) is 4.79 Å². The summed E-state index contributed by atoms with van der Waals surface area (Å²) in [7, 11) is 1.67. The van der Waals surface area contributed by atoms with E-state index in [4.69, 9.17) is 4.74 Å². The molecule has 9 nitrogen and oxygen atoms in total. The van der Waals surface area contributed by atoms with Crippen molar-refractivity contribution in [3.63, 3.8) is 0 Å². The number of hydrogen-bond acceptors (Lipinski definition) is 7. The molecule has 10 heteroatoms. The maximum absolute atomic E-state index is 12.2. The predicted molar refractivity (Wildman–Crippen MR) is 131 cm³/mol. The number of H-pyrrole nitrogens is 1. The minimum Gasteiger partial charge on any atom is -0.480 e. The minimum absolute atomic E-state index is 0.0718. The number of methoxy groups -OCH3 is 1. The molecule has 0 aliphatic rings. The number of aromatic amines is 1. The number of amides is 1. The van der Waals surface area contributed by atoms with Crippen LogP contribution in [0.5, 0.6) is 5.88 Å². The molecular formula is C24H25N5O4S. The lowest BCUT2D eigenvalue weighted by molar-refractivity contribution is 0.0827. The van der Waals surface area contributed by atoms with E-state index in [1.807, 2.05) is 19.1 Å². The maximum atomic E-state index is 12.2. The third-order valence-corrected chi connectivity index (χ3v) is 6.54. The zero-order valence-electron chi connectivity index (χ0n) is 19.5. The lowest BCUT2D eigenvalue weighted by Crippen LogP contribution is -2.21. The molecule has 0 aliphatic heterocycles. The highest BCUT2D eigenvalue weighted by atomic mass is 32.2. The molecule has 0 spiro atoms. The van der Waals surface area contributed by atoms with Gasteiger partial charge in [-0.05, 0) is 48.4 Å². The van der Waals surface area contributed by atoms with Crippen LogP contribution in [0.2, 0.25) is 0 Å². The monoisotopic (exact) mass is 479 g/mol. The van der Waals surface area contributed by atoms with Crippen molar-refractivity contribution in [2.24, 2.45) is 0 Å². The predicted octanol–water partition coefficient (Wildman–Crippen LogP) is 3.79. The van der Waals surface area contributed by atoms with Gasteiger partial charge in [0.25, 0.3) is 5.91 Å². The average molecular weight is 480 g/mol. The molecule has 34 heavy (non-hydrogen) atoms. The Morgan fingerprint density at radius 1 is 1.09 bits per heavy atom. The van der Waals surface area contributed by atoms with Crippen LogP contribution in [0.25, 0.3) is 22.2 Å². The second-order valence-electron chi connectivity index (χ2n) is 8.13. The number of fused-ring (bicyclic) bond motifs is 1. The average Bonchev–Trinajstić information content (AvgIpc) is 3.23. The Balaban J connectivity index is 1.69. The highest BCUT2D eigenvalue weighted by Gasteiger charge is 2.17. The van der Waals surface area contributed by atoms with Crippen molar-refractivity contribution < 1.29 is 17.9 Å². The molecule has 0 fully saturated rings. The quantitative estimate of drug-likeness (QED) is 0.432. The Kier molecular flexibility index (Phi) is 6.01. The van der Waals surface area contributed by atoms with Crippen LogP contribution in [-0.2, 0) is 9.84 Å². The second kappa shape index (κ2) is 8.79. The van der Waals surface area contributed by atoms with E-state index in [-0.39, 0.29) is 10.8 Å². The number of carbonyl (C=O) groups excluding carboxylic acids is 1. The number of hydrogen-bond donors (Lipinski definition) is 2. The minimum atomic E-state index is -3.28. The SMILES string of the molecule is COc1nc(Nc2ccc(C(=O)N(C)C)cc2C)nc2[nH]cc(-c3ccc(S(C)(=O)=O)cc3)c12. The van der Waals surface area contributed by atoms with Crippen LogP contribution in [0.1, 0.15) is 15.9 Å². The zero-order chi connectivity index (χ0) is 24.6. The molecule has 1 amide bonds. The number of nitrogens with one attached hydrogen (secondary N) is 2. The number of carbonyl (C=O) groups is 1. The summed E-state index contributed by atoms with van der Waals surface area (Å²) in [6, 6.07) is 12.0. The van der Waals surface area contributed by atoms with Gasteiger partial charge in [0.2, 0.25) is 11.8 Å². The molecule has 4 aromatic rings. The number of ether oxygens (including phenoxy) is 1. The first-order valence-corrected chi connectivity index (χ1v) is 12.3. The normalized spacial score (nSPS) is 11.4. The van der Waals surface area contributed by atoms with Crippen LogP contribution in [0.3, 0.4) is 0 Å². The molecule has 4 rings (SSSR count). The molecule has 0 unspecified atom stereocenters. The van der Waals surface area contributed by atoms with Crippen molar-refractivity contribution in [3.8, 4) is 17.0 Å². The highest BCUT2D eigenvalue weighted by Crippen LogP contribution is 2.35. The molecule has 0 saturated carbocycles. The molecular weight excluding hydrogens is 454 g/mol. The van der Waals surface area contributed by atoms with Gasteiger partial charge < -0.3 is 19.9 Å². The van der Waals surface area contributed by atoms with Crippen LogP contribution in [-0.4, -0.2) is 61.6 Å². The molecule has 2 heterocycles. The Hall–Kier alpha value is -3.92. The summed E-state index contributed by atoms with van der Waals surface area (Å²) in [5, 5.41) is 3.88. The van der Waals surface area contributed by atoms with Gasteiger partial charge in [0.05, 0.1) is 17.4 Å². The third-order valence-electron chi connectivity index (χ3n) is 5.41. The summed E-state index contributed by atoms with van der Waals surface area (Å²) in [6.07, 6.45) is 2.96. The molecule has 2 aromatic carbocycles. The summed E-state index contributed by atoms with van der Waals surface area (Å²) in [5.74, 6) is 0.630. The van der Waals surface area contributed by atoms with Gasteiger partial charge in [0.1, 0.15) is 5.65 Å². The topological polar surface area (TPSA) is 117 Å². The summed E-state index contributed by atoms with van der Waals surface area (Å²) in [4.78, 5) is 26.2. The van der Waals surface area contributed by atoms with Crippen molar-refractivity contribution in [3.05, 3.63) is 59.8 Å². The Morgan fingerprint density at radius 2 is 1.79 bits per heavy atom. The summed E-state index contributed by atoms with van der Waals surface area (Å²) in [5.41, 5.74) is 4.39. The lowest BCUT2D eigenvalue weighted by Gasteiger charge is -2.14. The van der Waals surface area contributed by atoms with Gasteiger partial charge in [-0.25, -0.2) is 8.42 Å². The molecule has 2 aromatic heterocycles. The molecule has 0 aliphatic carbocycles. The van der Waals surface area contributed by atoms with Crippen LogP contribution < -0.4 is 10.1 Å². The number of benzene rings is 2. The van der Waals surface area contributed by atoms with Crippen LogP contribution in [0.15, 0.2) is 53.6 Å². The molecule has 0 radical (unpaired) electrons. The number of aromatic nitrogens is 3. The summed E-state index contributed by atoms with van der Waals surface area (Å²) in [6.45, 7) is 1.90. The van der Waals surface area contributed by atoms with E-state index in [9.17, 15) is 13.2 Å². The van der Waals surface area contributed by atoms with E-state index < -0.39 is 9.84 Å². The standard InChI is InChI=1S/C24H25N5O4S/c1-14-12-16(23(30)29(2)3)8-11-19(14)26-24-27-21-20(22(28-24)33-4)18(13-25-21)15-6-9-17(10-7-15)34(5,31)32/h6-13H,1-5H3,(H2,25,26,27,28). The first kappa shape index (κ1) is 23.2. The fourth-order valence-corrected chi connectivity index (χ4v) is 4.26. The van der Waals surface area contributed by atoms with Crippen molar-refractivity contribution in [2.45, 2.75) is 11.8 Å². The van der Waals surface area contributed by atoms with E-state index in [1.165, 1.54) is 18.3 Å². The van der Waals surface area contributed by atoms with E-state index in [0.29, 0.717) is 28.4 Å². The number of sulfone groups is 1. The van der Waals surface area contributed by atoms with E-state index in [2.05, 4.69) is 20.3 Å². The molecule has 2 N–H and O–H groups in total. The van der Waals surface area contributed by atoms with Gasteiger partial charge in [0.15, 0.2) is 9.84 Å². The third kappa shape index (κ3) is 4.44. The Bertz CT molecular complexity index is 1490. The van der Waals surface area contributed by atoms with E-state index in [1.54, 1.807) is 50.6 Å². The number of rotatable bonds is 6. The second-order valence-corrected chi connectivity index (χ2v) is 10.1. The molecule has 0 atom stereocenters. The molecule has 176 valence electrons. The van der Waals surface area contributed by atoms with Crippen LogP contribution in [0.4, 0.5) is 11.6 Å². The first-order valence-electron chi connectivity index (χ1n) is 10.4. The Morgan fingerprint density at radius 3 is 2.38 bits per heavy atom. The van der Waals surface area contributed by atoms with Gasteiger partial charge in [0, 0.05) is 43.4 Å². The smallest absolute Gasteiger partial charge is 0.253 e. The highest BCUT2D eigenvalue weighted by molar-refractivity contribution is 7.90. The fourth-order valence-electron chi connectivity index (χ4n) is 3.63. The number of nitrogens with zero attached hydrogens (tertiary/aromatic N) is 3. The largest absolute Gasteiger partial charge is 0.480 e. The van der Waals surface area contributed by atoms with Gasteiger partial charge >= 0.3 is 0 Å². The van der Waals surface area contributed by atoms with Gasteiger partial charge in [-0.2, -0.15) is 9.97 Å². The summed E-state index contributed by atoms with van der Waals surface area (Å²) < 4.78 is 29.1. The number of aryl methyl sites for hydroxylation is 1. The Labute approximate surface area is 197 Å². The van der Waals surface area contributed by atoms with Gasteiger partial charge in [-0.1, -0.05) is 12.1 Å². The van der Waals surface area contributed by atoms with E-state index in [0.717, 1.165) is 22.4 Å². The fraction of sp³-hybridized carbons (Fsp3) is 0.208. The van der Waals surface area contributed by atoms with E-state index >= 15 is 0 Å². The van der Waals surface area contributed by atoms with Crippen molar-refractivity contribution >= 4 is 38.4 Å². The lowest BCUT2D eigenvalue weighted by atomic mass is 10.1. The first-order chi connectivity index (χ1) is 16.1. The molecule has 0 saturated heterocycles.